The number of carbonyl (C=O) groups excluding carboxylic acids is 2. The number of thiocarbonyl (C=S) groups is 2. The van der Waals surface area contributed by atoms with E-state index in [1.165, 1.54) is 104 Å². The first-order chi connectivity index (χ1) is 22.8. The normalized spacial score (nSPS) is 24.6. The van der Waals surface area contributed by atoms with Gasteiger partial charge < -0.3 is 0 Å². The molecule has 4 fully saturated rings. The molecule has 4 nitrogen and oxygen atoms in total. The summed E-state index contributed by atoms with van der Waals surface area (Å²) in [4.78, 5) is 36.9. The molecular weight excluding hydrogens is 717 g/mol. The Morgan fingerprint density at radius 3 is 1.89 bits per heavy atom. The third kappa shape index (κ3) is 4.42. The van der Waals surface area contributed by atoms with Crippen molar-refractivity contribution in [3.05, 3.63) is 54.0 Å². The third-order valence-electron chi connectivity index (χ3n) is 11.2. The Bertz CT molecular complexity index is 2030. The van der Waals surface area contributed by atoms with Gasteiger partial charge >= 0.3 is 0 Å². The van der Waals surface area contributed by atoms with Crippen molar-refractivity contribution in [1.29, 1.82) is 0 Å². The molecule has 242 valence electrons. The molecule has 5 heterocycles. The predicted molar refractivity (Wildman–Crippen MR) is 211 cm³/mol. The Balaban J connectivity index is 1.18. The van der Waals surface area contributed by atoms with E-state index in [4.69, 9.17) is 24.4 Å². The maximum Gasteiger partial charge on any atom is 0.266 e. The van der Waals surface area contributed by atoms with E-state index < -0.39 is 0 Å². The molecule has 2 amide bonds. The molecule has 2 spiro atoms. The molecule has 0 radical (unpaired) electrons. The van der Waals surface area contributed by atoms with Crippen LogP contribution in [0.3, 0.4) is 0 Å². The van der Waals surface area contributed by atoms with E-state index in [0.29, 0.717) is 21.7 Å². The predicted octanol–water partition coefficient (Wildman–Crippen LogP) is 10.8. The maximum absolute atomic E-state index is 13.4. The Kier molecular flexibility index (Phi) is 7.66. The second-order valence-corrected chi connectivity index (χ2v) is 20.0. The molecule has 0 aromatic carbocycles. The molecule has 0 unspecified atom stereocenters. The maximum atomic E-state index is 13.4. The van der Waals surface area contributed by atoms with Gasteiger partial charge in [0.05, 0.1) is 19.4 Å². The second-order valence-electron chi connectivity index (χ2n) is 13.4. The smallest absolute Gasteiger partial charge is 0.266 e. The van der Waals surface area contributed by atoms with Gasteiger partial charge in [-0.25, -0.2) is 0 Å². The number of allylic oxidation sites excluding steroid dienone is 2. The minimum absolute atomic E-state index is 0.0287. The molecule has 3 aromatic heterocycles. The lowest BCUT2D eigenvalue weighted by molar-refractivity contribution is -0.122. The second kappa shape index (κ2) is 11.5. The molecule has 4 aliphatic carbocycles. The largest absolute Gasteiger partial charge is 0.293 e. The summed E-state index contributed by atoms with van der Waals surface area (Å²) in [6.07, 6.45) is 19.0. The molecule has 2 saturated carbocycles. The number of hydrogen-bond donors (Lipinski definition) is 0. The number of fused-ring (bicyclic) bond motifs is 10. The van der Waals surface area contributed by atoms with Gasteiger partial charge in [-0.2, -0.15) is 0 Å². The van der Waals surface area contributed by atoms with Crippen molar-refractivity contribution in [2.24, 2.45) is 0 Å². The summed E-state index contributed by atoms with van der Waals surface area (Å²) in [6.45, 7) is 5.21. The van der Waals surface area contributed by atoms with Gasteiger partial charge in [-0.05, 0) is 80.5 Å². The SMILES string of the molecule is CCN1C(=O)/C(=C/C2=Cc3sc4c(c3C23CCCCC3)C2(CCCCC2)c2c-4sc3cc(/C=C4\SC(=S)N(CC)C4=O)sc23)SC1=S. The summed E-state index contributed by atoms with van der Waals surface area (Å²) in [5.41, 5.74) is 6.18. The first-order valence-electron chi connectivity index (χ1n) is 16.8. The Hall–Kier alpha value is -1.60. The van der Waals surface area contributed by atoms with E-state index in [2.05, 4.69) is 24.3 Å². The summed E-state index contributed by atoms with van der Waals surface area (Å²) < 4.78 is 4.11. The van der Waals surface area contributed by atoms with Crippen LogP contribution in [0.15, 0.2) is 27.5 Å². The van der Waals surface area contributed by atoms with Crippen LogP contribution in [0, 0.1) is 0 Å². The van der Waals surface area contributed by atoms with Crippen LogP contribution in [-0.4, -0.2) is 43.3 Å². The highest BCUT2D eigenvalue weighted by Gasteiger charge is 2.55. The van der Waals surface area contributed by atoms with E-state index >= 15 is 0 Å². The first kappa shape index (κ1) is 31.4. The van der Waals surface area contributed by atoms with E-state index in [0.717, 1.165) is 27.5 Å². The summed E-state index contributed by atoms with van der Waals surface area (Å²) in [6, 6.07) is 2.31. The molecule has 0 N–H and O–H groups in total. The van der Waals surface area contributed by atoms with Gasteiger partial charge in [0.2, 0.25) is 0 Å². The molecule has 3 aromatic rings. The standard InChI is InChI=1S/C36H34N2O2S7/c1-3-37-31(39)23(46-33(37)41)16-19-15-21-25(35(19)11-7-5-8-12-35)26-29(44-21)30-27(36(26)13-9-6-10-14-36)28-22(45-30)17-20(43-28)18-24-32(40)38(4-2)34(42)47-24/h15-18H,3-14H2,1-2H3/b23-16-,24-18-. The van der Waals surface area contributed by atoms with E-state index in [-0.39, 0.29) is 22.6 Å². The average molecular weight is 751 g/mol. The van der Waals surface area contributed by atoms with Crippen LogP contribution in [-0.2, 0) is 20.4 Å². The molecule has 11 heteroatoms. The van der Waals surface area contributed by atoms with Crippen LogP contribution in [0.1, 0.15) is 105 Å². The fourth-order valence-corrected chi connectivity index (χ4v) is 16.3. The van der Waals surface area contributed by atoms with E-state index in [1.807, 2.05) is 47.9 Å². The van der Waals surface area contributed by atoms with Crippen molar-refractivity contribution in [2.45, 2.75) is 88.9 Å². The molecule has 2 saturated heterocycles. The Labute approximate surface area is 306 Å². The van der Waals surface area contributed by atoms with E-state index in [9.17, 15) is 9.59 Å². The van der Waals surface area contributed by atoms with Crippen LogP contribution in [0.4, 0.5) is 0 Å². The lowest BCUT2D eigenvalue weighted by Gasteiger charge is -2.42. The van der Waals surface area contributed by atoms with Gasteiger partial charge in [-0.1, -0.05) is 86.5 Å². The zero-order valence-corrected chi connectivity index (χ0v) is 32.1. The number of hydrogen-bond acceptors (Lipinski definition) is 9. The monoisotopic (exact) mass is 750 g/mol. The number of thioether (sulfide) groups is 2. The highest BCUT2D eigenvalue weighted by atomic mass is 32.2. The third-order valence-corrected chi connectivity index (χ3v) is 17.6. The van der Waals surface area contributed by atoms with Gasteiger partial charge in [0, 0.05) is 48.8 Å². The number of carbonyl (C=O) groups is 2. The van der Waals surface area contributed by atoms with Gasteiger partial charge in [0.1, 0.15) is 8.64 Å². The molecule has 6 aliphatic rings. The van der Waals surface area contributed by atoms with Crippen LogP contribution < -0.4 is 0 Å². The van der Waals surface area contributed by atoms with Crippen LogP contribution >= 0.6 is 82.0 Å². The quantitative estimate of drug-likeness (QED) is 0.195. The number of nitrogens with zero attached hydrogens (tertiary/aromatic N) is 2. The lowest BCUT2D eigenvalue weighted by atomic mass is 9.61. The van der Waals surface area contributed by atoms with Crippen molar-refractivity contribution >= 4 is 124 Å². The number of rotatable bonds is 4. The minimum Gasteiger partial charge on any atom is -0.293 e. The van der Waals surface area contributed by atoms with Crippen LogP contribution in [0.5, 0.6) is 0 Å². The fourth-order valence-electron chi connectivity index (χ4n) is 9.11. The Morgan fingerprint density at radius 2 is 1.30 bits per heavy atom. The van der Waals surface area contributed by atoms with Crippen LogP contribution in [0.25, 0.3) is 31.3 Å². The van der Waals surface area contributed by atoms with Crippen molar-refractivity contribution in [2.75, 3.05) is 13.1 Å². The van der Waals surface area contributed by atoms with Gasteiger partial charge in [-0.3, -0.25) is 19.4 Å². The molecule has 9 rings (SSSR count). The number of amides is 2. The van der Waals surface area contributed by atoms with Gasteiger partial charge in [-0.15, -0.1) is 34.0 Å². The summed E-state index contributed by atoms with van der Waals surface area (Å²) >= 11 is 19.8. The van der Waals surface area contributed by atoms with Crippen molar-refractivity contribution in [3.63, 3.8) is 0 Å². The fraction of sp³-hybridized carbons (Fsp3) is 0.444. The highest BCUT2D eigenvalue weighted by molar-refractivity contribution is 8.27. The highest BCUT2D eigenvalue weighted by Crippen LogP contribution is 2.69. The molecule has 0 atom stereocenters. The van der Waals surface area contributed by atoms with Crippen LogP contribution in [0.2, 0.25) is 0 Å². The average Bonchev–Trinajstić information content (AvgIpc) is 3.90. The summed E-state index contributed by atoms with van der Waals surface area (Å²) in [5, 5.41) is 0. The van der Waals surface area contributed by atoms with Gasteiger partial charge in [0.15, 0.2) is 0 Å². The Morgan fingerprint density at radius 1 is 0.723 bits per heavy atom. The summed E-state index contributed by atoms with van der Waals surface area (Å²) in [7, 11) is 0. The zero-order chi connectivity index (χ0) is 32.2. The van der Waals surface area contributed by atoms with Crippen molar-refractivity contribution in [1.82, 2.24) is 9.80 Å². The molecule has 2 aliphatic heterocycles. The van der Waals surface area contributed by atoms with Gasteiger partial charge in [0.25, 0.3) is 11.8 Å². The summed E-state index contributed by atoms with van der Waals surface area (Å²) in [5.74, 6) is 0.0949. The van der Waals surface area contributed by atoms with Crippen molar-refractivity contribution in [3.8, 4) is 9.75 Å². The molecule has 47 heavy (non-hydrogen) atoms. The van der Waals surface area contributed by atoms with E-state index in [1.54, 1.807) is 26.5 Å². The topological polar surface area (TPSA) is 40.6 Å². The minimum atomic E-state index is -0.0287. The van der Waals surface area contributed by atoms with Crippen molar-refractivity contribution < 1.29 is 9.59 Å². The molecule has 0 bridgehead atoms. The lowest BCUT2D eigenvalue weighted by Crippen LogP contribution is -2.35. The number of thiophene rings is 3. The molecular formula is C36H34N2O2S7. The first-order valence-corrected chi connectivity index (χ1v) is 21.7. The zero-order valence-electron chi connectivity index (χ0n) is 26.4. The number of likely N-dealkylation sites (N-methyl/N-ethyl adjacent to an activating group) is 2.